The number of nitriles is 1. The topological polar surface area (TPSA) is 156 Å². The summed E-state index contributed by atoms with van der Waals surface area (Å²) >= 11 is 0. The number of methoxy groups -OCH3 is 3. The fourth-order valence-corrected chi connectivity index (χ4v) is 8.93. The van der Waals surface area contributed by atoms with Crippen molar-refractivity contribution < 1.29 is 37.5 Å². The number of aromatic nitrogens is 2. The van der Waals surface area contributed by atoms with Crippen LogP contribution in [0, 0.1) is 18.3 Å². The van der Waals surface area contributed by atoms with Gasteiger partial charge in [-0.3, -0.25) is 9.36 Å². The first kappa shape index (κ1) is 44.4. The summed E-state index contributed by atoms with van der Waals surface area (Å²) in [4.78, 5) is 29.8. The molecule has 0 saturated carbocycles. The number of ether oxygens (including phenoxy) is 5. The molecule has 0 bridgehead atoms. The number of nitrogens with one attached hydrogen (secondary N) is 1. The van der Waals surface area contributed by atoms with Gasteiger partial charge in [0.1, 0.15) is 41.2 Å². The van der Waals surface area contributed by atoms with E-state index < -0.39 is 44.4 Å². The number of amides is 1. The number of anilines is 1. The fraction of sp³-hybridized carbons (Fsp3) is 0.442. The molecule has 15 heteroatoms. The molecule has 1 fully saturated rings. The van der Waals surface area contributed by atoms with E-state index in [0.717, 1.165) is 16.7 Å². The van der Waals surface area contributed by atoms with Crippen molar-refractivity contribution in [2.75, 3.05) is 39.9 Å². The molecule has 1 N–H and O–H groups in total. The van der Waals surface area contributed by atoms with Crippen LogP contribution in [-0.4, -0.2) is 85.1 Å². The predicted molar refractivity (Wildman–Crippen MR) is 221 cm³/mol. The molecule has 58 heavy (non-hydrogen) atoms. The van der Waals surface area contributed by atoms with Gasteiger partial charge >= 0.3 is 5.69 Å². The molecule has 0 aliphatic carbocycles. The highest BCUT2D eigenvalue weighted by Gasteiger charge is 2.51. The molecule has 5 atom stereocenters. The lowest BCUT2D eigenvalue weighted by Gasteiger charge is -2.39. The lowest BCUT2D eigenvalue weighted by atomic mass is 9.80. The largest absolute Gasteiger partial charge is 0.497 e. The average molecular weight is 816 g/mol. The van der Waals surface area contributed by atoms with Crippen LogP contribution in [0.1, 0.15) is 69.5 Å². The van der Waals surface area contributed by atoms with Gasteiger partial charge in [-0.15, -0.1) is 0 Å². The van der Waals surface area contributed by atoms with Crippen LogP contribution in [0.3, 0.4) is 0 Å². The Hall–Kier alpha value is -4.71. The van der Waals surface area contributed by atoms with Crippen LogP contribution in [0.2, 0.25) is 0 Å². The molecule has 2 heterocycles. The van der Waals surface area contributed by atoms with Crippen molar-refractivity contribution in [3.05, 3.63) is 118 Å². The summed E-state index contributed by atoms with van der Waals surface area (Å²) in [7, 11) is 2.97. The van der Waals surface area contributed by atoms with Crippen molar-refractivity contribution in [3.63, 3.8) is 0 Å². The van der Waals surface area contributed by atoms with Gasteiger partial charge in [0.05, 0.1) is 39.9 Å². The van der Waals surface area contributed by atoms with Crippen molar-refractivity contribution >= 4 is 20.3 Å². The fourth-order valence-electron chi connectivity index (χ4n) is 7.17. The van der Waals surface area contributed by atoms with Gasteiger partial charge in [-0.1, -0.05) is 54.6 Å². The van der Waals surface area contributed by atoms with Gasteiger partial charge in [-0.25, -0.2) is 9.46 Å². The normalized spacial score (nSPS) is 18.7. The Bertz CT molecular complexity index is 1990. The SMILES string of the molecule is COc1ccc(C(OC[C@H]2O[C@@H](n3cc(C)c(NC(C)=O)nc3=O)C(OC)[C@H]2OP(OCCC#N)N(C(C)C)C(C)C)(c2ccccc2)c2ccc(OC)cc2)cc1. The molecule has 0 radical (unpaired) electrons. The minimum Gasteiger partial charge on any atom is -0.497 e. The van der Waals surface area contributed by atoms with Crippen LogP contribution < -0.4 is 20.5 Å². The Kier molecular flexibility index (Phi) is 15.5. The molecule has 310 valence electrons. The van der Waals surface area contributed by atoms with Crippen molar-refractivity contribution in [1.29, 1.82) is 5.26 Å². The van der Waals surface area contributed by atoms with Gasteiger partial charge in [0, 0.05) is 37.9 Å². The molecular formula is C43H54N5O9P. The summed E-state index contributed by atoms with van der Waals surface area (Å²) in [5.74, 6) is 1.16. The summed E-state index contributed by atoms with van der Waals surface area (Å²) in [6, 6.07) is 27.5. The number of carbonyl (C=O) groups excluding carboxylic acids is 1. The van der Waals surface area contributed by atoms with Gasteiger partial charge < -0.3 is 38.0 Å². The highest BCUT2D eigenvalue weighted by Crippen LogP contribution is 2.51. The van der Waals surface area contributed by atoms with E-state index in [9.17, 15) is 14.9 Å². The molecule has 1 saturated heterocycles. The highest BCUT2D eigenvalue weighted by atomic mass is 31.2. The third-order valence-corrected chi connectivity index (χ3v) is 11.9. The zero-order valence-corrected chi connectivity index (χ0v) is 35.5. The molecule has 2 unspecified atom stereocenters. The molecule has 0 spiro atoms. The monoisotopic (exact) mass is 815 g/mol. The minimum absolute atomic E-state index is 0.00803. The number of aryl methyl sites for hydroxylation is 1. The Morgan fingerprint density at radius 1 is 0.931 bits per heavy atom. The highest BCUT2D eigenvalue weighted by molar-refractivity contribution is 7.44. The van der Waals surface area contributed by atoms with Gasteiger partial charge in [0.2, 0.25) is 5.91 Å². The summed E-state index contributed by atoms with van der Waals surface area (Å²) < 4.78 is 48.2. The first-order valence-electron chi connectivity index (χ1n) is 19.2. The van der Waals surface area contributed by atoms with Crippen LogP contribution >= 0.6 is 8.53 Å². The second-order valence-corrected chi connectivity index (χ2v) is 15.7. The van der Waals surface area contributed by atoms with Crippen molar-refractivity contribution in [2.24, 2.45) is 0 Å². The third-order valence-electron chi connectivity index (χ3n) is 9.77. The van der Waals surface area contributed by atoms with E-state index in [1.54, 1.807) is 27.3 Å². The maximum Gasteiger partial charge on any atom is 0.351 e. The van der Waals surface area contributed by atoms with Gasteiger partial charge in [0.25, 0.3) is 8.53 Å². The molecule has 1 aliphatic heterocycles. The molecule has 14 nitrogen and oxygen atoms in total. The molecule has 3 aromatic carbocycles. The number of hydrogen-bond acceptors (Lipinski definition) is 12. The molecule has 5 rings (SSSR count). The quantitative estimate of drug-likeness (QED) is 0.0583. The van der Waals surface area contributed by atoms with E-state index in [1.165, 1.54) is 18.6 Å². The zero-order chi connectivity index (χ0) is 42.0. The third kappa shape index (κ3) is 9.93. The van der Waals surface area contributed by atoms with E-state index in [1.807, 2.05) is 78.9 Å². The van der Waals surface area contributed by atoms with E-state index in [4.69, 9.17) is 32.7 Å². The van der Waals surface area contributed by atoms with E-state index in [2.05, 4.69) is 48.7 Å². The van der Waals surface area contributed by atoms with E-state index in [-0.39, 0.29) is 43.4 Å². The zero-order valence-electron chi connectivity index (χ0n) is 34.6. The summed E-state index contributed by atoms with van der Waals surface area (Å²) in [5.41, 5.74) is 1.17. The summed E-state index contributed by atoms with van der Waals surface area (Å²) in [5, 5.41) is 12.0. The first-order valence-corrected chi connectivity index (χ1v) is 20.3. The molecule has 1 aliphatic rings. The predicted octanol–water partition coefficient (Wildman–Crippen LogP) is 7.11. The molecule has 1 aromatic heterocycles. The number of rotatable bonds is 19. The van der Waals surface area contributed by atoms with E-state index >= 15 is 0 Å². The van der Waals surface area contributed by atoms with Crippen LogP contribution in [0.25, 0.3) is 0 Å². The van der Waals surface area contributed by atoms with Gasteiger partial charge in [-0.05, 0) is 75.6 Å². The Labute approximate surface area is 341 Å². The smallest absolute Gasteiger partial charge is 0.351 e. The number of benzene rings is 3. The lowest BCUT2D eigenvalue weighted by molar-refractivity contribution is -0.114. The van der Waals surface area contributed by atoms with Gasteiger partial charge in [-0.2, -0.15) is 10.2 Å². The Balaban J connectivity index is 1.66. The maximum absolute atomic E-state index is 13.7. The Morgan fingerprint density at radius 2 is 1.50 bits per heavy atom. The Morgan fingerprint density at radius 3 is 2.00 bits per heavy atom. The van der Waals surface area contributed by atoms with Crippen LogP contribution in [0.15, 0.2) is 89.9 Å². The number of hydrogen-bond donors (Lipinski definition) is 1. The molecule has 1 amide bonds. The summed E-state index contributed by atoms with van der Waals surface area (Å²) in [6.45, 7) is 11.4. The van der Waals surface area contributed by atoms with Crippen LogP contribution in [-0.2, 0) is 33.7 Å². The molecule has 4 aromatic rings. The van der Waals surface area contributed by atoms with Crippen molar-refractivity contribution in [2.45, 2.75) is 90.2 Å². The first-order chi connectivity index (χ1) is 27.9. The molecular weight excluding hydrogens is 761 g/mol. The van der Waals surface area contributed by atoms with E-state index in [0.29, 0.717) is 17.1 Å². The second-order valence-electron chi connectivity index (χ2n) is 14.3. The minimum atomic E-state index is -1.79. The van der Waals surface area contributed by atoms with Crippen molar-refractivity contribution in [3.8, 4) is 17.6 Å². The number of nitrogens with zero attached hydrogens (tertiary/aromatic N) is 4. The van der Waals surface area contributed by atoms with Crippen LogP contribution in [0.4, 0.5) is 5.82 Å². The van der Waals surface area contributed by atoms with Gasteiger partial charge in [0.15, 0.2) is 6.23 Å². The summed E-state index contributed by atoms with van der Waals surface area (Å²) in [6.07, 6.45) is -1.84. The average Bonchev–Trinajstić information content (AvgIpc) is 3.56. The van der Waals surface area contributed by atoms with Crippen LogP contribution in [0.5, 0.6) is 11.5 Å². The van der Waals surface area contributed by atoms with Crippen molar-refractivity contribution in [1.82, 2.24) is 14.2 Å². The standard InChI is InChI=1S/C43H54N5O9P/c1-28(2)48(29(3)4)58(55-25-13-24-44)57-38-37(56-41(39(38)53-9)47-26-30(5)40(45-31(6)49)46-42(47)50)27-54-43(32-14-11-10-12-15-32,33-16-20-35(51-7)21-17-33)34-18-22-36(52-8)23-19-34/h10-12,14-23,26,28-29,37-39,41H,13,25,27H2,1-9H3,(H,45,46,49,50)/t37-,38+,39?,41-,58?/m1/s1. The maximum atomic E-state index is 13.7. The number of carbonyl (C=O) groups is 1. The second kappa shape index (κ2) is 20.3. The lowest BCUT2D eigenvalue weighted by Crippen LogP contribution is -2.43.